The molecule has 0 unspecified atom stereocenters. The third-order valence-electron chi connectivity index (χ3n) is 2.58. The minimum atomic E-state index is 0.0987. The van der Waals surface area contributed by atoms with Gasteiger partial charge in [0.25, 0.3) is 0 Å². The van der Waals surface area contributed by atoms with Gasteiger partial charge in [0.15, 0.2) is 0 Å². The van der Waals surface area contributed by atoms with Crippen LogP contribution in [0.2, 0.25) is 0 Å². The predicted octanol–water partition coefficient (Wildman–Crippen LogP) is 3.00. The zero-order valence-corrected chi connectivity index (χ0v) is 11.4. The SMILES string of the molecule is CC(=O)Cc1ncc(-c2ccc(OC(C)C)cc2)[nH]1. The molecule has 0 radical (unpaired) electrons. The smallest absolute Gasteiger partial charge is 0.137 e. The number of aromatic amines is 1. The van der Waals surface area contributed by atoms with E-state index in [-0.39, 0.29) is 11.9 Å². The van der Waals surface area contributed by atoms with Crippen LogP contribution in [0.25, 0.3) is 11.3 Å². The summed E-state index contributed by atoms with van der Waals surface area (Å²) in [5.41, 5.74) is 1.94. The molecule has 1 N–H and O–H groups in total. The van der Waals surface area contributed by atoms with Crippen molar-refractivity contribution in [2.24, 2.45) is 0 Å². The molecule has 0 aliphatic rings. The number of carbonyl (C=O) groups excluding carboxylic acids is 1. The zero-order chi connectivity index (χ0) is 13.8. The first-order chi connectivity index (χ1) is 9.04. The van der Waals surface area contributed by atoms with Crippen LogP contribution in [0.3, 0.4) is 0 Å². The van der Waals surface area contributed by atoms with Gasteiger partial charge in [0.1, 0.15) is 17.4 Å². The Bertz CT molecular complexity index is 556. The first-order valence-corrected chi connectivity index (χ1v) is 6.35. The standard InChI is InChI=1S/C15H18N2O2/c1-10(2)19-13-6-4-12(5-7-13)14-9-16-15(17-14)8-11(3)18/h4-7,9-10H,8H2,1-3H3,(H,16,17). The number of ether oxygens (including phenoxy) is 1. The first kappa shape index (κ1) is 13.3. The van der Waals surface area contributed by atoms with Crippen LogP contribution in [0.4, 0.5) is 0 Å². The molecule has 0 saturated carbocycles. The van der Waals surface area contributed by atoms with E-state index in [1.54, 1.807) is 13.1 Å². The fourth-order valence-electron chi connectivity index (χ4n) is 1.82. The average Bonchev–Trinajstić information content (AvgIpc) is 2.76. The lowest BCUT2D eigenvalue weighted by Gasteiger charge is -2.09. The summed E-state index contributed by atoms with van der Waals surface area (Å²) in [7, 11) is 0. The maximum Gasteiger partial charge on any atom is 0.137 e. The highest BCUT2D eigenvalue weighted by Crippen LogP contribution is 2.21. The molecule has 1 aromatic carbocycles. The molecule has 0 bridgehead atoms. The second-order valence-corrected chi connectivity index (χ2v) is 4.81. The van der Waals surface area contributed by atoms with Crippen molar-refractivity contribution in [3.63, 3.8) is 0 Å². The van der Waals surface area contributed by atoms with Gasteiger partial charge >= 0.3 is 0 Å². The Balaban J connectivity index is 2.13. The van der Waals surface area contributed by atoms with Gasteiger partial charge in [-0.05, 0) is 50.6 Å². The van der Waals surface area contributed by atoms with Crippen molar-refractivity contribution in [2.75, 3.05) is 0 Å². The average molecular weight is 258 g/mol. The Morgan fingerprint density at radius 1 is 1.32 bits per heavy atom. The van der Waals surface area contributed by atoms with Gasteiger partial charge in [-0.15, -0.1) is 0 Å². The summed E-state index contributed by atoms with van der Waals surface area (Å²) in [6, 6.07) is 7.81. The van der Waals surface area contributed by atoms with Crippen LogP contribution < -0.4 is 4.74 Å². The number of aromatic nitrogens is 2. The highest BCUT2D eigenvalue weighted by atomic mass is 16.5. The monoisotopic (exact) mass is 258 g/mol. The van der Waals surface area contributed by atoms with E-state index in [0.717, 1.165) is 17.0 Å². The molecule has 0 aliphatic heterocycles. The van der Waals surface area contributed by atoms with Gasteiger partial charge in [-0.3, -0.25) is 4.79 Å². The van der Waals surface area contributed by atoms with Crippen molar-refractivity contribution in [2.45, 2.75) is 33.3 Å². The fourth-order valence-corrected chi connectivity index (χ4v) is 1.82. The lowest BCUT2D eigenvalue weighted by atomic mass is 10.1. The number of ketones is 1. The summed E-state index contributed by atoms with van der Waals surface area (Å²) in [5, 5.41) is 0. The number of nitrogens with zero attached hydrogens (tertiary/aromatic N) is 1. The Morgan fingerprint density at radius 3 is 2.58 bits per heavy atom. The van der Waals surface area contributed by atoms with E-state index in [1.807, 2.05) is 38.1 Å². The molecule has 4 nitrogen and oxygen atoms in total. The molecule has 100 valence electrons. The number of carbonyl (C=O) groups is 1. The molecule has 19 heavy (non-hydrogen) atoms. The molecule has 0 aliphatic carbocycles. The van der Waals surface area contributed by atoms with Crippen LogP contribution in [-0.2, 0) is 11.2 Å². The van der Waals surface area contributed by atoms with Crippen LogP contribution in [0.5, 0.6) is 5.75 Å². The third-order valence-corrected chi connectivity index (χ3v) is 2.58. The van der Waals surface area contributed by atoms with E-state index in [4.69, 9.17) is 4.74 Å². The number of H-pyrrole nitrogens is 1. The van der Waals surface area contributed by atoms with Gasteiger partial charge in [0.05, 0.1) is 24.4 Å². The number of benzene rings is 1. The van der Waals surface area contributed by atoms with E-state index in [2.05, 4.69) is 9.97 Å². The van der Waals surface area contributed by atoms with Crippen LogP contribution in [-0.4, -0.2) is 21.9 Å². The first-order valence-electron chi connectivity index (χ1n) is 6.35. The van der Waals surface area contributed by atoms with Crippen molar-refractivity contribution in [3.8, 4) is 17.0 Å². The summed E-state index contributed by atoms with van der Waals surface area (Å²) < 4.78 is 5.59. The number of nitrogens with one attached hydrogen (secondary N) is 1. The maximum absolute atomic E-state index is 11.0. The minimum absolute atomic E-state index is 0.0987. The number of hydrogen-bond acceptors (Lipinski definition) is 3. The normalized spacial score (nSPS) is 10.7. The van der Waals surface area contributed by atoms with Crippen molar-refractivity contribution in [1.82, 2.24) is 9.97 Å². The Morgan fingerprint density at radius 2 is 2.00 bits per heavy atom. The summed E-state index contributed by atoms with van der Waals surface area (Å²) >= 11 is 0. The molecule has 1 aromatic heterocycles. The molecule has 0 saturated heterocycles. The molecule has 0 atom stereocenters. The molecule has 2 rings (SSSR count). The van der Waals surface area contributed by atoms with Gasteiger partial charge in [0, 0.05) is 0 Å². The molecular formula is C15H18N2O2. The summed E-state index contributed by atoms with van der Waals surface area (Å²) in [5.74, 6) is 1.65. The molecular weight excluding hydrogens is 240 g/mol. The molecule has 1 heterocycles. The number of Topliss-reactive ketones (excluding diaryl/α,β-unsaturated/α-hetero) is 1. The number of hydrogen-bond donors (Lipinski definition) is 1. The zero-order valence-electron chi connectivity index (χ0n) is 11.4. The Kier molecular flexibility index (Phi) is 4.00. The largest absolute Gasteiger partial charge is 0.491 e. The van der Waals surface area contributed by atoms with Crippen molar-refractivity contribution in [3.05, 3.63) is 36.3 Å². The van der Waals surface area contributed by atoms with Gasteiger partial charge in [-0.25, -0.2) is 4.98 Å². The summed E-state index contributed by atoms with van der Waals surface area (Å²) in [4.78, 5) is 18.4. The van der Waals surface area contributed by atoms with Crippen LogP contribution in [0.15, 0.2) is 30.5 Å². The topological polar surface area (TPSA) is 55.0 Å². The number of rotatable bonds is 5. The summed E-state index contributed by atoms with van der Waals surface area (Å²) in [6.07, 6.45) is 2.26. The summed E-state index contributed by atoms with van der Waals surface area (Å²) in [6.45, 7) is 5.55. The Labute approximate surface area is 112 Å². The van der Waals surface area contributed by atoms with Gasteiger partial charge in [-0.1, -0.05) is 0 Å². The van der Waals surface area contributed by atoms with E-state index in [9.17, 15) is 4.79 Å². The highest BCUT2D eigenvalue weighted by molar-refractivity contribution is 5.77. The molecule has 0 fully saturated rings. The van der Waals surface area contributed by atoms with Crippen molar-refractivity contribution in [1.29, 1.82) is 0 Å². The Hall–Kier alpha value is -2.10. The number of imidazole rings is 1. The molecule has 0 spiro atoms. The quantitative estimate of drug-likeness (QED) is 0.897. The molecule has 0 amide bonds. The van der Waals surface area contributed by atoms with E-state index < -0.39 is 0 Å². The van der Waals surface area contributed by atoms with Crippen molar-refractivity contribution < 1.29 is 9.53 Å². The molecule has 2 aromatic rings. The maximum atomic E-state index is 11.0. The molecule has 4 heteroatoms. The van der Waals surface area contributed by atoms with Crippen LogP contribution in [0, 0.1) is 0 Å². The van der Waals surface area contributed by atoms with Gasteiger partial charge in [0.2, 0.25) is 0 Å². The lowest BCUT2D eigenvalue weighted by Crippen LogP contribution is -2.05. The second-order valence-electron chi connectivity index (χ2n) is 4.81. The highest BCUT2D eigenvalue weighted by Gasteiger charge is 2.06. The van der Waals surface area contributed by atoms with Crippen molar-refractivity contribution >= 4 is 5.78 Å². The third kappa shape index (κ3) is 3.68. The van der Waals surface area contributed by atoms with E-state index >= 15 is 0 Å². The van der Waals surface area contributed by atoms with E-state index in [0.29, 0.717) is 12.2 Å². The van der Waals surface area contributed by atoms with Gasteiger partial charge < -0.3 is 9.72 Å². The van der Waals surface area contributed by atoms with Gasteiger partial charge in [-0.2, -0.15) is 0 Å². The minimum Gasteiger partial charge on any atom is -0.491 e. The fraction of sp³-hybridized carbons (Fsp3) is 0.333. The van der Waals surface area contributed by atoms with E-state index in [1.165, 1.54) is 0 Å². The predicted molar refractivity (Wildman–Crippen MR) is 74.2 cm³/mol. The van der Waals surface area contributed by atoms with Crippen LogP contribution >= 0.6 is 0 Å². The van der Waals surface area contributed by atoms with Crippen LogP contribution in [0.1, 0.15) is 26.6 Å². The lowest BCUT2D eigenvalue weighted by molar-refractivity contribution is -0.116. The second kappa shape index (κ2) is 5.69.